The minimum Gasteiger partial charge on any atom is -0.497 e. The number of methoxy groups -OCH3 is 1. The normalized spacial score (nSPS) is 20.4. The van der Waals surface area contributed by atoms with Gasteiger partial charge in [-0.25, -0.2) is 4.79 Å². The fraction of sp³-hybridized carbons (Fsp3) is 0.250. The number of nitrogens with one attached hydrogen (secondary N) is 2. The van der Waals surface area contributed by atoms with Crippen LogP contribution in [0, 0.1) is 0 Å². The largest absolute Gasteiger partial charge is 0.497 e. The third kappa shape index (κ3) is 2.32. The van der Waals surface area contributed by atoms with Crippen LogP contribution in [0.15, 0.2) is 48.2 Å². The number of ether oxygens (including phenoxy) is 1. The average molecular weight is 299 g/mol. The van der Waals surface area contributed by atoms with Crippen LogP contribution in [0.1, 0.15) is 11.6 Å². The van der Waals surface area contributed by atoms with E-state index in [0.717, 1.165) is 11.3 Å². The predicted molar refractivity (Wildman–Crippen MR) is 81.2 cm³/mol. The van der Waals surface area contributed by atoms with Crippen molar-refractivity contribution in [3.63, 3.8) is 0 Å². The van der Waals surface area contributed by atoms with Gasteiger partial charge in [-0.05, 0) is 17.7 Å². The Balaban J connectivity index is 1.95. The van der Waals surface area contributed by atoms with Crippen LogP contribution in [0.5, 0.6) is 5.75 Å². The van der Waals surface area contributed by atoms with E-state index in [4.69, 9.17) is 4.74 Å². The summed E-state index contributed by atoms with van der Waals surface area (Å²) in [6, 6.07) is 6.58. The molecular weight excluding hydrogens is 282 g/mol. The lowest BCUT2D eigenvalue weighted by atomic mass is 9.96. The Morgan fingerprint density at radius 2 is 2.09 bits per heavy atom. The highest BCUT2D eigenvalue weighted by Crippen LogP contribution is 2.32. The minimum atomic E-state index is -0.447. The van der Waals surface area contributed by atoms with E-state index >= 15 is 0 Å². The van der Waals surface area contributed by atoms with Gasteiger partial charge in [0.25, 0.3) is 5.91 Å². The number of benzene rings is 1. The quantitative estimate of drug-likeness (QED) is 0.824. The topological polar surface area (TPSA) is 70.7 Å². The van der Waals surface area contributed by atoms with Crippen molar-refractivity contribution in [2.45, 2.75) is 6.04 Å². The van der Waals surface area contributed by atoms with Crippen LogP contribution in [0.25, 0.3) is 0 Å². The standard InChI is InChI=1S/C16H17N3O3/c1-3-8-19-9-12-13(15(19)20)14(18-16(21)17-12)10-4-6-11(22-2)7-5-10/h3-7,14H,1,8-9H2,2H3,(H2,17,18,21)/t14-/m1/s1. The second-order valence-corrected chi connectivity index (χ2v) is 5.17. The molecule has 2 heterocycles. The van der Waals surface area contributed by atoms with Crippen molar-refractivity contribution in [3.8, 4) is 5.75 Å². The molecule has 3 amide bonds. The lowest BCUT2D eigenvalue weighted by Crippen LogP contribution is -2.44. The Bertz CT molecular complexity index is 664. The third-order valence-corrected chi connectivity index (χ3v) is 3.82. The van der Waals surface area contributed by atoms with Crippen LogP contribution in [0.4, 0.5) is 4.79 Å². The van der Waals surface area contributed by atoms with Gasteiger partial charge in [0.2, 0.25) is 0 Å². The molecule has 0 aromatic heterocycles. The molecule has 0 radical (unpaired) electrons. The van der Waals surface area contributed by atoms with Crippen LogP contribution < -0.4 is 15.4 Å². The van der Waals surface area contributed by atoms with Crippen LogP contribution >= 0.6 is 0 Å². The summed E-state index contributed by atoms with van der Waals surface area (Å²) >= 11 is 0. The fourth-order valence-corrected chi connectivity index (χ4v) is 2.78. The van der Waals surface area contributed by atoms with Crippen LogP contribution in [0.3, 0.4) is 0 Å². The number of carbonyl (C=O) groups excluding carboxylic acids is 2. The number of hydrogen-bond acceptors (Lipinski definition) is 3. The molecule has 2 aliphatic rings. The van der Waals surface area contributed by atoms with E-state index in [9.17, 15) is 9.59 Å². The van der Waals surface area contributed by atoms with Crippen molar-refractivity contribution >= 4 is 11.9 Å². The first-order valence-corrected chi connectivity index (χ1v) is 6.98. The van der Waals surface area contributed by atoms with E-state index in [1.165, 1.54) is 0 Å². The van der Waals surface area contributed by atoms with E-state index in [0.29, 0.717) is 24.4 Å². The summed E-state index contributed by atoms with van der Waals surface area (Å²) in [5, 5.41) is 5.54. The van der Waals surface area contributed by atoms with Crippen molar-refractivity contribution in [1.82, 2.24) is 15.5 Å². The van der Waals surface area contributed by atoms with Crippen molar-refractivity contribution in [2.24, 2.45) is 0 Å². The maximum absolute atomic E-state index is 12.5. The lowest BCUT2D eigenvalue weighted by Gasteiger charge is -2.25. The van der Waals surface area contributed by atoms with E-state index in [-0.39, 0.29) is 11.9 Å². The van der Waals surface area contributed by atoms with Gasteiger partial charge in [-0.15, -0.1) is 6.58 Å². The second-order valence-electron chi connectivity index (χ2n) is 5.17. The summed E-state index contributed by atoms with van der Waals surface area (Å²) in [7, 11) is 1.59. The molecule has 6 nitrogen and oxygen atoms in total. The lowest BCUT2D eigenvalue weighted by molar-refractivity contribution is -0.125. The molecule has 0 aliphatic carbocycles. The van der Waals surface area contributed by atoms with Gasteiger partial charge in [0, 0.05) is 6.54 Å². The smallest absolute Gasteiger partial charge is 0.319 e. The number of carbonyl (C=O) groups is 2. The zero-order valence-electron chi connectivity index (χ0n) is 12.3. The highest BCUT2D eigenvalue weighted by Gasteiger charge is 2.39. The molecule has 1 aromatic carbocycles. The van der Waals surface area contributed by atoms with Gasteiger partial charge in [0.1, 0.15) is 5.75 Å². The van der Waals surface area contributed by atoms with Gasteiger partial charge in [-0.2, -0.15) is 0 Å². The molecule has 0 unspecified atom stereocenters. The molecule has 0 spiro atoms. The Hall–Kier alpha value is -2.76. The Morgan fingerprint density at radius 3 is 2.73 bits per heavy atom. The predicted octanol–water partition coefficient (Wildman–Crippen LogP) is 1.33. The first-order chi connectivity index (χ1) is 10.6. The molecule has 0 saturated heterocycles. The van der Waals surface area contributed by atoms with Gasteiger partial charge in [-0.1, -0.05) is 18.2 Å². The molecule has 3 rings (SSSR count). The number of hydrogen-bond donors (Lipinski definition) is 2. The second kappa shape index (κ2) is 5.55. The van der Waals surface area contributed by atoms with E-state index in [1.54, 1.807) is 18.1 Å². The summed E-state index contributed by atoms with van der Waals surface area (Å²) in [5.74, 6) is 0.646. The number of urea groups is 1. The van der Waals surface area contributed by atoms with E-state index < -0.39 is 6.04 Å². The van der Waals surface area contributed by atoms with Crippen molar-refractivity contribution in [2.75, 3.05) is 20.2 Å². The summed E-state index contributed by atoms with van der Waals surface area (Å²) < 4.78 is 5.14. The van der Waals surface area contributed by atoms with Gasteiger partial charge in [0.15, 0.2) is 0 Å². The third-order valence-electron chi connectivity index (χ3n) is 3.82. The monoisotopic (exact) mass is 299 g/mol. The highest BCUT2D eigenvalue weighted by atomic mass is 16.5. The van der Waals surface area contributed by atoms with Gasteiger partial charge in [0.05, 0.1) is 31.0 Å². The molecule has 6 heteroatoms. The van der Waals surface area contributed by atoms with Crippen molar-refractivity contribution in [3.05, 3.63) is 53.8 Å². The fourth-order valence-electron chi connectivity index (χ4n) is 2.78. The maximum atomic E-state index is 12.5. The van der Waals surface area contributed by atoms with E-state index in [2.05, 4.69) is 17.2 Å². The Labute approximate surface area is 128 Å². The first-order valence-electron chi connectivity index (χ1n) is 6.98. The zero-order valence-corrected chi connectivity index (χ0v) is 12.3. The van der Waals surface area contributed by atoms with Crippen LogP contribution in [0.2, 0.25) is 0 Å². The highest BCUT2D eigenvalue weighted by molar-refractivity contribution is 6.01. The summed E-state index contributed by atoms with van der Waals surface area (Å²) in [5.41, 5.74) is 2.10. The molecule has 1 aromatic rings. The maximum Gasteiger partial charge on any atom is 0.319 e. The first kappa shape index (κ1) is 14.2. The Kier molecular flexibility index (Phi) is 3.58. The number of nitrogens with zero attached hydrogens (tertiary/aromatic N) is 1. The molecule has 0 bridgehead atoms. The van der Waals surface area contributed by atoms with E-state index in [1.807, 2.05) is 24.3 Å². The SMILES string of the molecule is C=CCN1CC2=C(C1=O)[C@@H](c1ccc(OC)cc1)NC(=O)N2. The van der Waals surface area contributed by atoms with Gasteiger partial charge < -0.3 is 20.3 Å². The number of rotatable bonds is 4. The molecule has 0 saturated carbocycles. The molecule has 2 aliphatic heterocycles. The molecular formula is C16H17N3O3. The average Bonchev–Trinajstić information content (AvgIpc) is 2.83. The molecule has 22 heavy (non-hydrogen) atoms. The van der Waals surface area contributed by atoms with Crippen molar-refractivity contribution < 1.29 is 14.3 Å². The Morgan fingerprint density at radius 1 is 1.36 bits per heavy atom. The molecule has 0 fully saturated rings. The molecule has 2 N–H and O–H groups in total. The van der Waals surface area contributed by atoms with Gasteiger partial charge >= 0.3 is 6.03 Å². The minimum absolute atomic E-state index is 0.0804. The summed E-state index contributed by atoms with van der Waals surface area (Å²) in [6.45, 7) is 4.52. The zero-order chi connectivity index (χ0) is 15.7. The van der Waals surface area contributed by atoms with Crippen molar-refractivity contribution in [1.29, 1.82) is 0 Å². The van der Waals surface area contributed by atoms with Gasteiger partial charge in [-0.3, -0.25) is 4.79 Å². The summed E-state index contributed by atoms with van der Waals surface area (Å²) in [6.07, 6.45) is 1.67. The van der Waals surface area contributed by atoms with Crippen LogP contribution in [-0.2, 0) is 4.79 Å². The molecule has 114 valence electrons. The number of amides is 3. The molecule has 1 atom stereocenters. The summed E-state index contributed by atoms with van der Waals surface area (Å²) in [4.78, 5) is 26.1. The van der Waals surface area contributed by atoms with Crippen LogP contribution in [-0.4, -0.2) is 37.0 Å².